The topological polar surface area (TPSA) is 44.4 Å². The lowest BCUT2D eigenvalue weighted by atomic mass is 10.1. The molecule has 3 rings (SSSR count). The van der Waals surface area contributed by atoms with Crippen LogP contribution in [0, 0.1) is 0 Å². The fourth-order valence-electron chi connectivity index (χ4n) is 2.70. The number of amides is 1. The summed E-state index contributed by atoms with van der Waals surface area (Å²) >= 11 is 7.58. The van der Waals surface area contributed by atoms with Crippen LogP contribution in [0.1, 0.15) is 10.4 Å². The molecule has 1 aromatic carbocycles. The molecule has 122 valence electrons. The zero-order valence-corrected chi connectivity index (χ0v) is 14.4. The third-order valence-corrected chi connectivity index (χ3v) is 5.11. The standard InChI is InChI=1S/C17H20ClN3OS/c18-16-7-6-14(23-16)11-21-9-8-19-15(12-21)17(22)20-10-13-4-2-1-3-5-13/h1-7,15,19H,8-12H2,(H,20,22). The van der Waals surface area contributed by atoms with Crippen LogP contribution in [0.15, 0.2) is 42.5 Å². The first-order valence-electron chi connectivity index (χ1n) is 7.72. The van der Waals surface area contributed by atoms with Crippen LogP contribution in [0.5, 0.6) is 0 Å². The molecule has 6 heteroatoms. The summed E-state index contributed by atoms with van der Waals surface area (Å²) in [6.45, 7) is 3.90. The Hall–Kier alpha value is -1.40. The van der Waals surface area contributed by atoms with Gasteiger partial charge in [-0.2, -0.15) is 0 Å². The van der Waals surface area contributed by atoms with E-state index in [1.165, 1.54) is 4.88 Å². The van der Waals surface area contributed by atoms with Gasteiger partial charge in [0.05, 0.1) is 10.4 Å². The number of carbonyl (C=O) groups excluding carboxylic acids is 1. The number of nitrogens with one attached hydrogen (secondary N) is 2. The van der Waals surface area contributed by atoms with Gasteiger partial charge >= 0.3 is 0 Å². The van der Waals surface area contributed by atoms with Crippen molar-refractivity contribution in [2.24, 2.45) is 0 Å². The van der Waals surface area contributed by atoms with Gasteiger partial charge in [0.1, 0.15) is 0 Å². The highest BCUT2D eigenvalue weighted by molar-refractivity contribution is 7.16. The fourth-order valence-corrected chi connectivity index (χ4v) is 3.83. The molecule has 0 saturated carbocycles. The zero-order chi connectivity index (χ0) is 16.1. The highest BCUT2D eigenvalue weighted by Crippen LogP contribution is 2.23. The maximum atomic E-state index is 12.4. The number of benzene rings is 1. The van der Waals surface area contributed by atoms with Gasteiger partial charge in [-0.3, -0.25) is 9.69 Å². The minimum absolute atomic E-state index is 0.0581. The molecule has 1 fully saturated rings. The average molecular weight is 350 g/mol. The van der Waals surface area contributed by atoms with Crippen LogP contribution in [0.25, 0.3) is 0 Å². The van der Waals surface area contributed by atoms with E-state index in [2.05, 4.69) is 21.6 Å². The van der Waals surface area contributed by atoms with E-state index in [-0.39, 0.29) is 11.9 Å². The van der Waals surface area contributed by atoms with E-state index in [0.717, 1.165) is 36.1 Å². The third kappa shape index (κ3) is 4.78. The van der Waals surface area contributed by atoms with E-state index < -0.39 is 0 Å². The van der Waals surface area contributed by atoms with Crippen molar-refractivity contribution in [3.05, 3.63) is 57.2 Å². The quantitative estimate of drug-likeness (QED) is 0.871. The Kier molecular flexibility index (Phi) is 5.67. The summed E-state index contributed by atoms with van der Waals surface area (Å²) in [6.07, 6.45) is 0. The first kappa shape index (κ1) is 16.5. The summed E-state index contributed by atoms with van der Waals surface area (Å²) in [4.78, 5) is 15.9. The molecule has 1 aliphatic rings. The minimum atomic E-state index is -0.164. The van der Waals surface area contributed by atoms with Gasteiger partial charge in [0.25, 0.3) is 0 Å². The third-order valence-electron chi connectivity index (χ3n) is 3.89. The molecule has 2 N–H and O–H groups in total. The Morgan fingerprint density at radius 3 is 2.87 bits per heavy atom. The first-order valence-corrected chi connectivity index (χ1v) is 8.92. The van der Waals surface area contributed by atoms with E-state index in [9.17, 15) is 4.79 Å². The lowest BCUT2D eigenvalue weighted by Crippen LogP contribution is -2.56. The largest absolute Gasteiger partial charge is 0.351 e. The van der Waals surface area contributed by atoms with E-state index in [1.807, 2.05) is 36.4 Å². The molecule has 1 aliphatic heterocycles. The Morgan fingerprint density at radius 2 is 2.13 bits per heavy atom. The zero-order valence-electron chi connectivity index (χ0n) is 12.8. The van der Waals surface area contributed by atoms with Crippen molar-refractivity contribution in [1.29, 1.82) is 0 Å². The van der Waals surface area contributed by atoms with Gasteiger partial charge in [0, 0.05) is 37.6 Å². The van der Waals surface area contributed by atoms with Gasteiger partial charge in [-0.25, -0.2) is 0 Å². The van der Waals surface area contributed by atoms with Crippen LogP contribution in [0.3, 0.4) is 0 Å². The first-order chi connectivity index (χ1) is 11.2. The van der Waals surface area contributed by atoms with E-state index >= 15 is 0 Å². The Bertz CT molecular complexity index is 646. The van der Waals surface area contributed by atoms with Crippen LogP contribution in [0.2, 0.25) is 4.34 Å². The predicted molar refractivity (Wildman–Crippen MR) is 94.7 cm³/mol. The second-order valence-electron chi connectivity index (χ2n) is 5.65. The van der Waals surface area contributed by atoms with Gasteiger partial charge < -0.3 is 10.6 Å². The predicted octanol–water partition coefficient (Wildman–Crippen LogP) is 2.49. The van der Waals surface area contributed by atoms with Gasteiger partial charge in [-0.1, -0.05) is 41.9 Å². The molecule has 23 heavy (non-hydrogen) atoms. The van der Waals surface area contributed by atoms with Gasteiger partial charge in [0.15, 0.2) is 0 Å². The van der Waals surface area contributed by atoms with Crippen molar-refractivity contribution in [2.75, 3.05) is 19.6 Å². The van der Waals surface area contributed by atoms with Crippen LogP contribution in [0.4, 0.5) is 0 Å². The molecule has 1 amide bonds. The number of halogens is 1. The van der Waals surface area contributed by atoms with Crippen molar-refractivity contribution in [2.45, 2.75) is 19.1 Å². The summed E-state index contributed by atoms with van der Waals surface area (Å²) in [6, 6.07) is 13.8. The van der Waals surface area contributed by atoms with Crippen molar-refractivity contribution >= 4 is 28.8 Å². The van der Waals surface area contributed by atoms with Crippen molar-refractivity contribution < 1.29 is 4.79 Å². The van der Waals surface area contributed by atoms with Crippen molar-refractivity contribution in [1.82, 2.24) is 15.5 Å². The number of carbonyl (C=O) groups is 1. The van der Waals surface area contributed by atoms with E-state index in [4.69, 9.17) is 11.6 Å². The molecule has 1 aromatic heterocycles. The van der Waals surface area contributed by atoms with Crippen LogP contribution >= 0.6 is 22.9 Å². The number of thiophene rings is 1. The van der Waals surface area contributed by atoms with E-state index in [0.29, 0.717) is 6.54 Å². The molecule has 2 heterocycles. The summed E-state index contributed by atoms with van der Waals surface area (Å²) in [5.74, 6) is 0.0581. The smallest absolute Gasteiger partial charge is 0.238 e. The van der Waals surface area contributed by atoms with Gasteiger partial charge in [0.2, 0.25) is 5.91 Å². The van der Waals surface area contributed by atoms with Gasteiger partial charge in [-0.05, 0) is 17.7 Å². The average Bonchev–Trinajstić information content (AvgIpc) is 2.99. The summed E-state index contributed by atoms with van der Waals surface area (Å²) in [5, 5.41) is 6.31. The maximum absolute atomic E-state index is 12.4. The van der Waals surface area contributed by atoms with Crippen molar-refractivity contribution in [3.63, 3.8) is 0 Å². The molecule has 0 aliphatic carbocycles. The summed E-state index contributed by atoms with van der Waals surface area (Å²) in [7, 11) is 0. The highest BCUT2D eigenvalue weighted by Gasteiger charge is 2.25. The maximum Gasteiger partial charge on any atom is 0.238 e. The molecule has 1 atom stereocenters. The molecule has 4 nitrogen and oxygen atoms in total. The lowest BCUT2D eigenvalue weighted by Gasteiger charge is -2.32. The normalized spacial score (nSPS) is 18.7. The monoisotopic (exact) mass is 349 g/mol. The Balaban J connectivity index is 1.50. The number of hydrogen-bond donors (Lipinski definition) is 2. The molecular formula is C17H20ClN3OS. The lowest BCUT2D eigenvalue weighted by molar-refractivity contribution is -0.124. The van der Waals surface area contributed by atoms with E-state index in [1.54, 1.807) is 11.3 Å². The molecule has 0 radical (unpaired) electrons. The Morgan fingerprint density at radius 1 is 1.30 bits per heavy atom. The molecular weight excluding hydrogens is 330 g/mol. The number of hydrogen-bond acceptors (Lipinski definition) is 4. The Labute approximate surface area is 145 Å². The number of nitrogens with zero attached hydrogens (tertiary/aromatic N) is 1. The fraction of sp³-hybridized carbons (Fsp3) is 0.353. The number of piperazine rings is 1. The molecule has 1 unspecified atom stereocenters. The van der Waals surface area contributed by atoms with Gasteiger partial charge in [-0.15, -0.1) is 11.3 Å². The second-order valence-corrected chi connectivity index (χ2v) is 7.45. The number of rotatable bonds is 5. The molecule has 1 saturated heterocycles. The van der Waals surface area contributed by atoms with Crippen LogP contribution in [-0.2, 0) is 17.9 Å². The summed E-state index contributed by atoms with van der Waals surface area (Å²) in [5.41, 5.74) is 1.11. The summed E-state index contributed by atoms with van der Waals surface area (Å²) < 4.78 is 0.812. The molecule has 0 spiro atoms. The molecule has 0 bridgehead atoms. The van der Waals surface area contributed by atoms with Crippen LogP contribution < -0.4 is 10.6 Å². The van der Waals surface area contributed by atoms with Crippen LogP contribution in [-0.4, -0.2) is 36.5 Å². The minimum Gasteiger partial charge on any atom is -0.351 e. The second kappa shape index (κ2) is 7.93. The van der Waals surface area contributed by atoms with Crippen molar-refractivity contribution in [3.8, 4) is 0 Å². The SMILES string of the molecule is O=C(NCc1ccccc1)C1CN(Cc2ccc(Cl)s2)CCN1. The molecule has 2 aromatic rings. The highest BCUT2D eigenvalue weighted by atomic mass is 35.5.